The topological polar surface area (TPSA) is 24.5 Å². The van der Waals surface area contributed by atoms with E-state index in [0.29, 0.717) is 12.1 Å². The number of aryl methyl sites for hydroxylation is 1. The van der Waals surface area contributed by atoms with Gasteiger partial charge in [0.1, 0.15) is 12.4 Å². The van der Waals surface area contributed by atoms with Gasteiger partial charge in [0.05, 0.1) is 0 Å². The van der Waals surface area contributed by atoms with Crippen LogP contribution in [0, 0.1) is 6.92 Å². The molecule has 0 spiro atoms. The van der Waals surface area contributed by atoms with E-state index in [2.05, 4.69) is 49.2 Å². The van der Waals surface area contributed by atoms with Gasteiger partial charge in [0.2, 0.25) is 0 Å². The molecule has 3 heteroatoms. The molecule has 112 valence electrons. The predicted molar refractivity (Wildman–Crippen MR) is 84.4 cm³/mol. The second-order valence-corrected chi connectivity index (χ2v) is 5.68. The molecule has 1 aliphatic heterocycles. The van der Waals surface area contributed by atoms with Crippen molar-refractivity contribution in [2.75, 3.05) is 26.2 Å². The number of hydrogen-bond acceptors (Lipinski definition) is 3. The van der Waals surface area contributed by atoms with Crippen molar-refractivity contribution >= 4 is 0 Å². The van der Waals surface area contributed by atoms with E-state index >= 15 is 0 Å². The van der Waals surface area contributed by atoms with Gasteiger partial charge in [-0.15, -0.1) is 0 Å². The van der Waals surface area contributed by atoms with Crippen molar-refractivity contribution in [3.8, 4) is 5.75 Å². The van der Waals surface area contributed by atoms with Crippen LogP contribution in [-0.4, -0.2) is 43.2 Å². The van der Waals surface area contributed by atoms with E-state index in [9.17, 15) is 0 Å². The average Bonchev–Trinajstić information content (AvgIpc) is 2.49. The first-order valence-electron chi connectivity index (χ1n) is 7.90. The zero-order chi connectivity index (χ0) is 14.4. The molecule has 1 heterocycles. The van der Waals surface area contributed by atoms with Gasteiger partial charge in [-0.2, -0.15) is 0 Å². The highest BCUT2D eigenvalue weighted by Gasteiger charge is 2.25. The van der Waals surface area contributed by atoms with E-state index in [-0.39, 0.29) is 0 Å². The van der Waals surface area contributed by atoms with Crippen molar-refractivity contribution in [3.05, 3.63) is 29.8 Å². The minimum absolute atomic E-state index is 0.635. The Morgan fingerprint density at radius 2 is 2.05 bits per heavy atom. The van der Waals surface area contributed by atoms with Gasteiger partial charge >= 0.3 is 0 Å². The highest BCUT2D eigenvalue weighted by Crippen LogP contribution is 2.17. The van der Waals surface area contributed by atoms with Crippen LogP contribution in [-0.2, 0) is 0 Å². The summed E-state index contributed by atoms with van der Waals surface area (Å²) in [7, 11) is 0. The second kappa shape index (κ2) is 7.65. The van der Waals surface area contributed by atoms with Crippen LogP contribution in [0.15, 0.2) is 24.3 Å². The quantitative estimate of drug-likeness (QED) is 0.864. The van der Waals surface area contributed by atoms with Gasteiger partial charge in [-0.05, 0) is 31.4 Å². The maximum atomic E-state index is 5.94. The van der Waals surface area contributed by atoms with E-state index in [1.807, 2.05) is 6.07 Å². The van der Waals surface area contributed by atoms with E-state index in [1.165, 1.54) is 18.4 Å². The van der Waals surface area contributed by atoms with Crippen LogP contribution >= 0.6 is 0 Å². The zero-order valence-electron chi connectivity index (χ0n) is 13.1. The first-order valence-corrected chi connectivity index (χ1v) is 7.90. The number of ether oxygens (including phenoxy) is 1. The molecule has 2 atom stereocenters. The Labute approximate surface area is 123 Å². The fraction of sp³-hybridized carbons (Fsp3) is 0.647. The minimum atomic E-state index is 0.635. The molecular formula is C17H28N2O. The Morgan fingerprint density at radius 1 is 1.25 bits per heavy atom. The second-order valence-electron chi connectivity index (χ2n) is 5.68. The van der Waals surface area contributed by atoms with Crippen molar-refractivity contribution in [1.29, 1.82) is 0 Å². The molecule has 0 radical (unpaired) electrons. The summed E-state index contributed by atoms with van der Waals surface area (Å²) in [4.78, 5) is 2.59. The fourth-order valence-corrected chi connectivity index (χ4v) is 2.87. The number of para-hydroxylation sites is 1. The van der Waals surface area contributed by atoms with E-state index in [1.54, 1.807) is 0 Å². The SMILES string of the molecule is CCC1CN(CCOc2ccccc2C)C(CC)CN1. The molecule has 1 N–H and O–H groups in total. The van der Waals surface area contributed by atoms with Crippen LogP contribution in [0.3, 0.4) is 0 Å². The molecule has 1 aromatic carbocycles. The molecule has 0 saturated carbocycles. The molecule has 2 unspecified atom stereocenters. The summed E-state index contributed by atoms with van der Waals surface area (Å²) in [6.07, 6.45) is 2.40. The highest BCUT2D eigenvalue weighted by atomic mass is 16.5. The molecule has 3 nitrogen and oxygen atoms in total. The lowest BCUT2D eigenvalue weighted by Gasteiger charge is -2.39. The molecule has 1 fully saturated rings. The standard InChI is InChI=1S/C17H28N2O/c1-4-15-13-19(16(5-2)12-18-15)10-11-20-17-9-7-6-8-14(17)3/h6-9,15-16,18H,4-5,10-13H2,1-3H3. The first-order chi connectivity index (χ1) is 9.74. The lowest BCUT2D eigenvalue weighted by Crippen LogP contribution is -2.56. The number of rotatable bonds is 6. The lowest BCUT2D eigenvalue weighted by molar-refractivity contribution is 0.105. The third kappa shape index (κ3) is 3.97. The number of nitrogens with one attached hydrogen (secondary N) is 1. The van der Waals surface area contributed by atoms with Gasteiger partial charge in [0.25, 0.3) is 0 Å². The van der Waals surface area contributed by atoms with Crippen LogP contribution in [0.4, 0.5) is 0 Å². The van der Waals surface area contributed by atoms with Crippen molar-refractivity contribution < 1.29 is 4.74 Å². The van der Waals surface area contributed by atoms with E-state index < -0.39 is 0 Å². The third-order valence-corrected chi connectivity index (χ3v) is 4.31. The van der Waals surface area contributed by atoms with Crippen LogP contribution < -0.4 is 10.1 Å². The number of piperazine rings is 1. The highest BCUT2D eigenvalue weighted by molar-refractivity contribution is 5.31. The summed E-state index contributed by atoms with van der Waals surface area (Å²) in [5, 5.41) is 3.63. The van der Waals surface area contributed by atoms with Crippen LogP contribution in [0.1, 0.15) is 32.3 Å². The molecule has 2 rings (SSSR count). The van der Waals surface area contributed by atoms with Gasteiger partial charge in [0, 0.05) is 31.7 Å². The monoisotopic (exact) mass is 276 g/mol. The number of benzene rings is 1. The molecule has 0 bridgehead atoms. The molecule has 1 aromatic rings. The van der Waals surface area contributed by atoms with Crippen LogP contribution in [0.25, 0.3) is 0 Å². The van der Waals surface area contributed by atoms with Crippen LogP contribution in [0.5, 0.6) is 5.75 Å². The molecule has 20 heavy (non-hydrogen) atoms. The maximum Gasteiger partial charge on any atom is 0.122 e. The third-order valence-electron chi connectivity index (χ3n) is 4.31. The van der Waals surface area contributed by atoms with Crippen molar-refractivity contribution in [1.82, 2.24) is 10.2 Å². The van der Waals surface area contributed by atoms with Crippen molar-refractivity contribution in [2.45, 2.75) is 45.7 Å². The summed E-state index contributed by atoms with van der Waals surface area (Å²) in [6, 6.07) is 9.53. The summed E-state index contributed by atoms with van der Waals surface area (Å²) in [5.74, 6) is 1.02. The Hall–Kier alpha value is -1.06. The predicted octanol–water partition coefficient (Wildman–Crippen LogP) is 2.84. The Kier molecular flexibility index (Phi) is 5.86. The van der Waals surface area contributed by atoms with Crippen molar-refractivity contribution in [2.24, 2.45) is 0 Å². The number of nitrogens with zero attached hydrogens (tertiary/aromatic N) is 1. The molecule has 0 amide bonds. The summed E-state index contributed by atoms with van der Waals surface area (Å²) in [5.41, 5.74) is 1.21. The van der Waals surface area contributed by atoms with E-state index in [4.69, 9.17) is 4.74 Å². The zero-order valence-corrected chi connectivity index (χ0v) is 13.1. The smallest absolute Gasteiger partial charge is 0.122 e. The Bertz CT molecular complexity index is 408. The lowest BCUT2D eigenvalue weighted by atomic mass is 10.1. The van der Waals surface area contributed by atoms with Gasteiger partial charge in [-0.3, -0.25) is 4.90 Å². The fourth-order valence-electron chi connectivity index (χ4n) is 2.87. The molecule has 0 aromatic heterocycles. The van der Waals surface area contributed by atoms with Gasteiger partial charge in [-0.25, -0.2) is 0 Å². The summed E-state index contributed by atoms with van der Waals surface area (Å²) >= 11 is 0. The Balaban J connectivity index is 1.83. The van der Waals surface area contributed by atoms with Gasteiger partial charge in [0.15, 0.2) is 0 Å². The molecule has 1 saturated heterocycles. The Morgan fingerprint density at radius 3 is 2.75 bits per heavy atom. The summed E-state index contributed by atoms with van der Waals surface area (Å²) in [6.45, 7) is 10.7. The van der Waals surface area contributed by atoms with Crippen molar-refractivity contribution in [3.63, 3.8) is 0 Å². The first kappa shape index (κ1) is 15.3. The minimum Gasteiger partial charge on any atom is -0.492 e. The summed E-state index contributed by atoms with van der Waals surface area (Å²) < 4.78 is 5.94. The van der Waals surface area contributed by atoms with E-state index in [0.717, 1.165) is 32.0 Å². The maximum absolute atomic E-state index is 5.94. The number of hydrogen-bond donors (Lipinski definition) is 1. The van der Waals surface area contributed by atoms with Crippen LogP contribution in [0.2, 0.25) is 0 Å². The molecular weight excluding hydrogens is 248 g/mol. The van der Waals surface area contributed by atoms with Gasteiger partial charge < -0.3 is 10.1 Å². The average molecular weight is 276 g/mol. The van der Waals surface area contributed by atoms with Gasteiger partial charge in [-0.1, -0.05) is 32.0 Å². The largest absolute Gasteiger partial charge is 0.492 e. The molecule has 1 aliphatic rings. The molecule has 0 aliphatic carbocycles. The normalized spacial score (nSPS) is 23.8.